The van der Waals surface area contributed by atoms with E-state index in [1.807, 2.05) is 38.2 Å². The highest BCUT2D eigenvalue weighted by Crippen LogP contribution is 2.38. The zero-order valence-electron chi connectivity index (χ0n) is 15.6. The zero-order valence-corrected chi connectivity index (χ0v) is 17.2. The molecule has 0 radical (unpaired) electrons. The fourth-order valence-electron chi connectivity index (χ4n) is 3.31. The molecule has 1 amide bonds. The first-order valence-electron chi connectivity index (χ1n) is 8.60. The second-order valence-corrected chi connectivity index (χ2v) is 8.15. The highest BCUT2D eigenvalue weighted by molar-refractivity contribution is 8.27. The van der Waals surface area contributed by atoms with Crippen molar-refractivity contribution in [1.29, 1.82) is 0 Å². The van der Waals surface area contributed by atoms with Gasteiger partial charge < -0.3 is 14.4 Å². The van der Waals surface area contributed by atoms with Crippen LogP contribution >= 0.6 is 24.0 Å². The Balaban J connectivity index is 1.79. The number of ether oxygens (including phenoxy) is 1. The summed E-state index contributed by atoms with van der Waals surface area (Å²) in [4.78, 5) is 15.1. The number of thiocarbonyl (C=S) groups is 1. The molecule has 2 aromatic carbocycles. The molecule has 0 saturated carbocycles. The Hall–Kier alpha value is -2.77. The molecule has 0 bridgehead atoms. The van der Waals surface area contributed by atoms with Gasteiger partial charge in [-0.2, -0.15) is 0 Å². The lowest BCUT2D eigenvalue weighted by Crippen LogP contribution is -2.27. The fraction of sp³-hybridized carbons (Fsp3) is 0.143. The van der Waals surface area contributed by atoms with Gasteiger partial charge in [0.25, 0.3) is 5.91 Å². The number of methoxy groups -OCH3 is 1. The van der Waals surface area contributed by atoms with Crippen LogP contribution in [0.3, 0.4) is 0 Å². The molecule has 5 nitrogen and oxygen atoms in total. The molecular weight excluding hydrogens is 392 g/mol. The summed E-state index contributed by atoms with van der Waals surface area (Å²) in [6, 6.07) is 12.4. The summed E-state index contributed by atoms with van der Waals surface area (Å²) in [6.07, 6.45) is 1.90. The third-order valence-electron chi connectivity index (χ3n) is 4.93. The van der Waals surface area contributed by atoms with Crippen molar-refractivity contribution < 1.29 is 14.6 Å². The molecule has 7 heteroatoms. The van der Waals surface area contributed by atoms with Crippen LogP contribution in [0.5, 0.6) is 11.5 Å². The number of thioether (sulfide) groups is 1. The lowest BCUT2D eigenvalue weighted by atomic mass is 10.1. The number of carbonyl (C=O) groups excluding carboxylic acids is 1. The van der Waals surface area contributed by atoms with Crippen LogP contribution in [0.25, 0.3) is 17.0 Å². The number of amides is 1. The summed E-state index contributed by atoms with van der Waals surface area (Å²) >= 11 is 6.72. The topological polar surface area (TPSA) is 54.7 Å². The van der Waals surface area contributed by atoms with Gasteiger partial charge in [-0.1, -0.05) is 24.0 Å². The molecule has 4 rings (SSSR count). The van der Waals surface area contributed by atoms with E-state index < -0.39 is 0 Å². The summed E-state index contributed by atoms with van der Waals surface area (Å²) in [5, 5.41) is 10.5. The van der Waals surface area contributed by atoms with Crippen LogP contribution in [-0.4, -0.2) is 27.0 Å². The monoisotopic (exact) mass is 410 g/mol. The lowest BCUT2D eigenvalue weighted by molar-refractivity contribution is -0.113. The minimum Gasteiger partial charge on any atom is -0.508 e. The summed E-state index contributed by atoms with van der Waals surface area (Å²) in [6.45, 7) is 2.03. The average molecular weight is 411 g/mol. The van der Waals surface area contributed by atoms with Gasteiger partial charge in [0.1, 0.15) is 11.5 Å². The normalized spacial score (nSPS) is 15.8. The molecule has 1 aliphatic rings. The van der Waals surface area contributed by atoms with E-state index in [0.717, 1.165) is 27.9 Å². The number of hydrogen-bond acceptors (Lipinski definition) is 5. The first-order valence-corrected chi connectivity index (χ1v) is 9.83. The maximum absolute atomic E-state index is 13.0. The van der Waals surface area contributed by atoms with Gasteiger partial charge in [-0.25, -0.2) is 0 Å². The molecule has 2 heterocycles. The number of carbonyl (C=O) groups is 1. The molecule has 0 spiro atoms. The van der Waals surface area contributed by atoms with E-state index in [1.54, 1.807) is 31.4 Å². The number of aryl methyl sites for hydroxylation is 1. The minimum absolute atomic E-state index is 0.144. The van der Waals surface area contributed by atoms with Crippen molar-refractivity contribution in [2.24, 2.45) is 7.05 Å². The molecule has 1 fully saturated rings. The van der Waals surface area contributed by atoms with Gasteiger partial charge >= 0.3 is 0 Å². The molecule has 1 saturated heterocycles. The van der Waals surface area contributed by atoms with Crippen molar-refractivity contribution in [2.45, 2.75) is 6.92 Å². The van der Waals surface area contributed by atoms with E-state index in [1.165, 1.54) is 16.7 Å². The van der Waals surface area contributed by atoms with Gasteiger partial charge in [0.15, 0.2) is 4.32 Å². The van der Waals surface area contributed by atoms with Gasteiger partial charge in [0, 0.05) is 29.2 Å². The Kier molecular flexibility index (Phi) is 4.64. The van der Waals surface area contributed by atoms with Crippen molar-refractivity contribution in [3.8, 4) is 11.5 Å². The third-order valence-corrected chi connectivity index (χ3v) is 6.23. The second kappa shape index (κ2) is 7.00. The summed E-state index contributed by atoms with van der Waals surface area (Å²) < 4.78 is 7.94. The first kappa shape index (κ1) is 18.6. The Labute approximate surface area is 172 Å². The third kappa shape index (κ3) is 2.96. The van der Waals surface area contributed by atoms with Gasteiger partial charge in [-0.05, 0) is 55.5 Å². The van der Waals surface area contributed by atoms with Crippen molar-refractivity contribution in [3.05, 3.63) is 58.6 Å². The number of benzene rings is 2. The summed E-state index contributed by atoms with van der Waals surface area (Å²) in [5.41, 5.74) is 3.74. The highest BCUT2D eigenvalue weighted by Gasteiger charge is 2.33. The molecule has 1 N–H and O–H groups in total. The Morgan fingerprint density at radius 1 is 1.18 bits per heavy atom. The largest absolute Gasteiger partial charge is 0.508 e. The number of phenols is 1. The number of fused-ring (bicyclic) bond motifs is 1. The predicted molar refractivity (Wildman–Crippen MR) is 118 cm³/mol. The van der Waals surface area contributed by atoms with E-state index in [-0.39, 0.29) is 11.7 Å². The maximum atomic E-state index is 13.0. The Bertz CT molecular complexity index is 1150. The van der Waals surface area contributed by atoms with Crippen LogP contribution < -0.4 is 9.64 Å². The average Bonchev–Trinajstić information content (AvgIpc) is 3.10. The number of aromatic nitrogens is 1. The Morgan fingerprint density at radius 3 is 2.57 bits per heavy atom. The molecule has 28 heavy (non-hydrogen) atoms. The number of anilines is 1. The van der Waals surface area contributed by atoms with Crippen molar-refractivity contribution in [2.75, 3.05) is 12.0 Å². The first-order chi connectivity index (χ1) is 13.4. The highest BCUT2D eigenvalue weighted by atomic mass is 32.2. The molecular formula is C21H18N2O3S2. The molecule has 3 aromatic rings. The summed E-state index contributed by atoms with van der Waals surface area (Å²) in [5.74, 6) is 0.745. The molecule has 0 atom stereocenters. The molecule has 1 aromatic heterocycles. The van der Waals surface area contributed by atoms with E-state index >= 15 is 0 Å². The number of rotatable bonds is 3. The summed E-state index contributed by atoms with van der Waals surface area (Å²) in [7, 11) is 3.64. The van der Waals surface area contributed by atoms with Crippen molar-refractivity contribution in [3.63, 3.8) is 0 Å². The fourth-order valence-corrected chi connectivity index (χ4v) is 4.59. The van der Waals surface area contributed by atoms with Crippen LogP contribution in [0.4, 0.5) is 5.69 Å². The van der Waals surface area contributed by atoms with E-state index in [2.05, 4.69) is 4.57 Å². The van der Waals surface area contributed by atoms with Crippen LogP contribution in [0, 0.1) is 6.92 Å². The lowest BCUT2D eigenvalue weighted by Gasteiger charge is -2.14. The van der Waals surface area contributed by atoms with Crippen LogP contribution in [0.1, 0.15) is 11.3 Å². The minimum atomic E-state index is -0.167. The van der Waals surface area contributed by atoms with Crippen molar-refractivity contribution in [1.82, 2.24) is 4.57 Å². The molecule has 0 aliphatic carbocycles. The number of aromatic hydroxyl groups is 1. The standard InChI is InChI=1S/C21H18N2O3S2/c1-12-16(17-10-15(26-3)8-9-18(17)22(12)2)11-19-20(25)23(21(27)28-19)13-4-6-14(24)7-5-13/h4-11,24H,1-3H3. The number of hydrogen-bond donors (Lipinski definition) is 1. The number of nitrogens with zero attached hydrogens (tertiary/aromatic N) is 2. The molecule has 1 aliphatic heterocycles. The van der Waals surface area contributed by atoms with Crippen LogP contribution in [0.15, 0.2) is 47.4 Å². The SMILES string of the molecule is COc1ccc2c(c1)c(C=C1SC(=S)N(c3ccc(O)cc3)C1=O)c(C)n2C. The predicted octanol–water partition coefficient (Wildman–Crippen LogP) is 4.61. The van der Waals surface area contributed by atoms with E-state index in [4.69, 9.17) is 17.0 Å². The van der Waals surface area contributed by atoms with Crippen molar-refractivity contribution >= 4 is 56.9 Å². The van der Waals surface area contributed by atoms with E-state index in [0.29, 0.717) is 14.9 Å². The van der Waals surface area contributed by atoms with E-state index in [9.17, 15) is 9.90 Å². The molecule has 142 valence electrons. The van der Waals surface area contributed by atoms with Gasteiger partial charge in [0.05, 0.1) is 17.7 Å². The van der Waals surface area contributed by atoms with Gasteiger partial charge in [-0.15, -0.1) is 0 Å². The second-order valence-electron chi connectivity index (χ2n) is 6.47. The molecule has 0 unspecified atom stereocenters. The number of phenolic OH excluding ortho intramolecular Hbond substituents is 1. The Morgan fingerprint density at radius 2 is 1.89 bits per heavy atom. The maximum Gasteiger partial charge on any atom is 0.270 e. The van der Waals surface area contributed by atoms with Crippen LogP contribution in [0.2, 0.25) is 0 Å². The zero-order chi connectivity index (χ0) is 20.0. The quantitative estimate of drug-likeness (QED) is 0.505. The van der Waals surface area contributed by atoms with Gasteiger partial charge in [-0.3, -0.25) is 9.69 Å². The van der Waals surface area contributed by atoms with Crippen LogP contribution in [-0.2, 0) is 11.8 Å². The van der Waals surface area contributed by atoms with Gasteiger partial charge in [0.2, 0.25) is 0 Å². The smallest absolute Gasteiger partial charge is 0.270 e.